The Bertz CT molecular complexity index is 452. The van der Waals surface area contributed by atoms with Crippen molar-refractivity contribution in [3.63, 3.8) is 0 Å². The molecule has 1 aliphatic carbocycles. The van der Waals surface area contributed by atoms with Crippen molar-refractivity contribution in [3.05, 3.63) is 24.3 Å². The molecule has 6 heteroatoms. The first-order valence-corrected chi connectivity index (χ1v) is 7.30. The van der Waals surface area contributed by atoms with Gasteiger partial charge in [-0.25, -0.2) is 4.79 Å². The second-order valence-corrected chi connectivity index (χ2v) is 5.10. The Morgan fingerprint density at radius 3 is 2.67 bits per heavy atom. The Morgan fingerprint density at radius 2 is 1.90 bits per heavy atom. The van der Waals surface area contributed by atoms with Gasteiger partial charge >= 0.3 is 6.09 Å². The number of rotatable bonds is 4. The molecule has 0 aromatic rings. The molecule has 0 aromatic heterocycles. The number of ether oxygens (including phenoxy) is 1. The first kappa shape index (κ1) is 15.3. The minimum Gasteiger partial charge on any atom is -0.446 e. The van der Waals surface area contributed by atoms with Crippen LogP contribution in [0.3, 0.4) is 0 Å². The van der Waals surface area contributed by atoms with Crippen molar-refractivity contribution in [2.24, 2.45) is 0 Å². The van der Waals surface area contributed by atoms with Gasteiger partial charge in [0.1, 0.15) is 6.10 Å². The van der Waals surface area contributed by atoms with Crippen molar-refractivity contribution in [1.29, 1.82) is 0 Å². The summed E-state index contributed by atoms with van der Waals surface area (Å²) in [4.78, 5) is 35.4. The summed E-state index contributed by atoms with van der Waals surface area (Å²) >= 11 is 0. The molecule has 0 saturated heterocycles. The van der Waals surface area contributed by atoms with Crippen LogP contribution in [-0.4, -0.2) is 42.0 Å². The highest BCUT2D eigenvalue weighted by molar-refractivity contribution is 6.12. The number of imide groups is 1. The minimum absolute atomic E-state index is 0.0633. The molecule has 6 nitrogen and oxygen atoms in total. The quantitative estimate of drug-likeness (QED) is 0.630. The van der Waals surface area contributed by atoms with E-state index in [1.807, 2.05) is 0 Å². The summed E-state index contributed by atoms with van der Waals surface area (Å²) in [7, 11) is 0. The van der Waals surface area contributed by atoms with Crippen molar-refractivity contribution >= 4 is 17.9 Å². The third kappa shape index (κ3) is 4.73. The maximum absolute atomic E-state index is 11.7. The van der Waals surface area contributed by atoms with Crippen LogP contribution in [0.2, 0.25) is 0 Å². The molecule has 21 heavy (non-hydrogen) atoms. The number of amides is 3. The normalized spacial score (nSPS) is 22.1. The van der Waals surface area contributed by atoms with Crippen molar-refractivity contribution in [2.75, 3.05) is 13.1 Å². The summed E-state index contributed by atoms with van der Waals surface area (Å²) in [5.41, 5.74) is 0. The van der Waals surface area contributed by atoms with E-state index in [9.17, 15) is 14.4 Å². The maximum atomic E-state index is 11.7. The molecular formula is C15H20N2O4. The van der Waals surface area contributed by atoms with E-state index < -0.39 is 6.09 Å². The highest BCUT2D eigenvalue weighted by Crippen LogP contribution is 2.15. The number of allylic oxidation sites excluding steroid dienone is 2. The summed E-state index contributed by atoms with van der Waals surface area (Å²) in [5, 5.41) is 2.58. The van der Waals surface area contributed by atoms with Crippen molar-refractivity contribution < 1.29 is 19.1 Å². The predicted octanol–water partition coefficient (Wildman–Crippen LogP) is 1.53. The van der Waals surface area contributed by atoms with Gasteiger partial charge in [-0.15, -0.1) is 0 Å². The van der Waals surface area contributed by atoms with E-state index in [1.54, 1.807) is 0 Å². The average molecular weight is 292 g/mol. The molecule has 2 rings (SSSR count). The zero-order valence-corrected chi connectivity index (χ0v) is 11.9. The van der Waals surface area contributed by atoms with Crippen LogP contribution in [-0.2, 0) is 14.3 Å². The van der Waals surface area contributed by atoms with E-state index in [1.165, 1.54) is 12.2 Å². The summed E-state index contributed by atoms with van der Waals surface area (Å²) < 4.78 is 5.36. The predicted molar refractivity (Wildman–Crippen MR) is 76.4 cm³/mol. The average Bonchev–Trinajstić information content (AvgIpc) is 2.73. The van der Waals surface area contributed by atoms with Gasteiger partial charge in [-0.3, -0.25) is 14.5 Å². The molecule has 0 spiro atoms. The number of alkyl carbamates (subject to hydrolysis) is 1. The smallest absolute Gasteiger partial charge is 0.407 e. The molecule has 1 N–H and O–H groups in total. The fourth-order valence-electron chi connectivity index (χ4n) is 2.36. The van der Waals surface area contributed by atoms with Crippen molar-refractivity contribution in [2.45, 2.75) is 38.2 Å². The van der Waals surface area contributed by atoms with Gasteiger partial charge in [0.2, 0.25) is 0 Å². The molecule has 0 saturated carbocycles. The Balaban J connectivity index is 1.66. The molecule has 1 aliphatic heterocycles. The monoisotopic (exact) mass is 292 g/mol. The van der Waals surface area contributed by atoms with Gasteiger partial charge in [0.25, 0.3) is 11.8 Å². The van der Waals surface area contributed by atoms with Gasteiger partial charge in [0.05, 0.1) is 0 Å². The Hall–Kier alpha value is -2.11. The van der Waals surface area contributed by atoms with Crippen LogP contribution in [0.4, 0.5) is 4.79 Å². The van der Waals surface area contributed by atoms with Crippen LogP contribution in [0.1, 0.15) is 32.1 Å². The number of hydrogen-bond acceptors (Lipinski definition) is 4. The van der Waals surface area contributed by atoms with Crippen LogP contribution in [0, 0.1) is 0 Å². The molecule has 3 amide bonds. The molecule has 1 unspecified atom stereocenters. The molecule has 2 aliphatic rings. The van der Waals surface area contributed by atoms with E-state index in [-0.39, 0.29) is 31.0 Å². The molecule has 0 aromatic carbocycles. The van der Waals surface area contributed by atoms with Crippen LogP contribution >= 0.6 is 0 Å². The van der Waals surface area contributed by atoms with Gasteiger partial charge in [-0.1, -0.05) is 12.2 Å². The molecule has 1 atom stereocenters. The third-order valence-electron chi connectivity index (χ3n) is 3.50. The van der Waals surface area contributed by atoms with Gasteiger partial charge < -0.3 is 10.1 Å². The van der Waals surface area contributed by atoms with Crippen LogP contribution < -0.4 is 5.32 Å². The zero-order valence-electron chi connectivity index (χ0n) is 11.9. The van der Waals surface area contributed by atoms with E-state index >= 15 is 0 Å². The Kier molecular flexibility index (Phi) is 5.54. The first-order valence-electron chi connectivity index (χ1n) is 7.30. The van der Waals surface area contributed by atoms with E-state index in [0.717, 1.165) is 37.0 Å². The summed E-state index contributed by atoms with van der Waals surface area (Å²) in [6.45, 7) is 0.359. The SMILES string of the molecule is O=C(NCCN1C(=O)C=CC1=O)OC1CCC=CCCC1. The van der Waals surface area contributed by atoms with Gasteiger partial charge in [0, 0.05) is 25.2 Å². The van der Waals surface area contributed by atoms with E-state index in [0.29, 0.717) is 0 Å². The molecule has 1 heterocycles. The third-order valence-corrected chi connectivity index (χ3v) is 3.50. The van der Waals surface area contributed by atoms with Gasteiger partial charge in [-0.2, -0.15) is 0 Å². The number of carbonyl (C=O) groups excluding carboxylic acids is 3. The standard InChI is InChI=1S/C15H20N2O4/c18-13-8-9-14(19)17(13)11-10-16-15(20)21-12-6-4-2-1-3-5-7-12/h1-2,8-9,12H,3-7,10-11H2,(H,16,20). The van der Waals surface area contributed by atoms with E-state index in [4.69, 9.17) is 4.74 Å². The maximum Gasteiger partial charge on any atom is 0.407 e. The number of nitrogens with zero attached hydrogens (tertiary/aromatic N) is 1. The zero-order chi connectivity index (χ0) is 15.1. The Morgan fingerprint density at radius 1 is 1.19 bits per heavy atom. The van der Waals surface area contributed by atoms with Crippen LogP contribution in [0.15, 0.2) is 24.3 Å². The lowest BCUT2D eigenvalue weighted by atomic mass is 10.0. The topological polar surface area (TPSA) is 75.7 Å². The van der Waals surface area contributed by atoms with Gasteiger partial charge in [0.15, 0.2) is 0 Å². The number of carbonyl (C=O) groups is 3. The highest BCUT2D eigenvalue weighted by Gasteiger charge is 2.23. The van der Waals surface area contributed by atoms with Crippen LogP contribution in [0.5, 0.6) is 0 Å². The summed E-state index contributed by atoms with van der Waals surface area (Å²) in [6.07, 6.45) is 10.8. The van der Waals surface area contributed by atoms with Crippen molar-refractivity contribution in [1.82, 2.24) is 10.2 Å². The number of hydrogen-bond donors (Lipinski definition) is 1. The summed E-state index contributed by atoms with van der Waals surface area (Å²) in [5.74, 6) is -0.691. The van der Waals surface area contributed by atoms with Gasteiger partial charge in [-0.05, 0) is 32.1 Å². The largest absolute Gasteiger partial charge is 0.446 e. The van der Waals surface area contributed by atoms with Crippen LogP contribution in [0.25, 0.3) is 0 Å². The molecule has 0 bridgehead atoms. The van der Waals surface area contributed by atoms with Crippen molar-refractivity contribution in [3.8, 4) is 0 Å². The minimum atomic E-state index is -0.489. The number of nitrogens with one attached hydrogen (secondary N) is 1. The van der Waals surface area contributed by atoms with E-state index in [2.05, 4.69) is 17.5 Å². The fraction of sp³-hybridized carbons (Fsp3) is 0.533. The molecule has 0 radical (unpaired) electrons. The molecule has 0 fully saturated rings. The molecular weight excluding hydrogens is 272 g/mol. The summed E-state index contributed by atoms with van der Waals surface area (Å²) in [6, 6.07) is 0. The lowest BCUT2D eigenvalue weighted by Crippen LogP contribution is -2.39. The Labute approximate surface area is 123 Å². The fourth-order valence-corrected chi connectivity index (χ4v) is 2.36. The second kappa shape index (κ2) is 7.61. The lowest BCUT2D eigenvalue weighted by molar-refractivity contribution is -0.136. The first-order chi connectivity index (χ1) is 10.2. The molecule has 114 valence electrons. The lowest BCUT2D eigenvalue weighted by Gasteiger charge is -2.19. The highest BCUT2D eigenvalue weighted by atomic mass is 16.6. The second-order valence-electron chi connectivity index (χ2n) is 5.10.